The van der Waals surface area contributed by atoms with Gasteiger partial charge in [-0.3, -0.25) is 0 Å². The maximum absolute atomic E-state index is 5.68. The Morgan fingerprint density at radius 3 is 2.61 bits per heavy atom. The van der Waals surface area contributed by atoms with Crippen molar-refractivity contribution in [1.29, 1.82) is 0 Å². The number of rotatable bonds is 9. The van der Waals surface area contributed by atoms with Crippen molar-refractivity contribution in [1.82, 2.24) is 4.90 Å². The van der Waals surface area contributed by atoms with Crippen molar-refractivity contribution in [3.05, 3.63) is 30.3 Å². The van der Waals surface area contributed by atoms with Gasteiger partial charge in [0, 0.05) is 13.1 Å². The summed E-state index contributed by atoms with van der Waals surface area (Å²) in [6.45, 7) is 9.17. The van der Waals surface area contributed by atoms with Crippen LogP contribution in [-0.2, 0) is 0 Å². The summed E-state index contributed by atoms with van der Waals surface area (Å²) in [7, 11) is 0. The molecule has 0 bridgehead atoms. The number of nitrogens with two attached hydrogens (primary N) is 1. The zero-order chi connectivity index (χ0) is 13.2. The fourth-order valence-electron chi connectivity index (χ4n) is 1.89. The highest BCUT2D eigenvalue weighted by Gasteiger charge is 2.06. The van der Waals surface area contributed by atoms with Gasteiger partial charge in [-0.25, -0.2) is 0 Å². The molecule has 0 fully saturated rings. The first-order valence-corrected chi connectivity index (χ1v) is 6.86. The lowest BCUT2D eigenvalue weighted by molar-refractivity contribution is 0.221. The Morgan fingerprint density at radius 2 is 2.00 bits per heavy atom. The van der Waals surface area contributed by atoms with E-state index in [9.17, 15) is 0 Å². The Kier molecular flexibility index (Phi) is 7.46. The van der Waals surface area contributed by atoms with Crippen LogP contribution in [0.4, 0.5) is 0 Å². The summed E-state index contributed by atoms with van der Waals surface area (Å²) in [5.41, 5.74) is 5.65. The molecule has 1 aromatic rings. The van der Waals surface area contributed by atoms with Crippen LogP contribution < -0.4 is 10.5 Å². The van der Waals surface area contributed by atoms with Crippen molar-refractivity contribution in [2.24, 2.45) is 11.7 Å². The molecule has 0 saturated carbocycles. The third kappa shape index (κ3) is 6.03. The minimum absolute atomic E-state index is 0.569. The van der Waals surface area contributed by atoms with Gasteiger partial charge in [0.15, 0.2) is 0 Å². The van der Waals surface area contributed by atoms with E-state index in [-0.39, 0.29) is 0 Å². The molecule has 1 unspecified atom stereocenters. The SMILES string of the molecule is CCN(CCCOc1ccccc1)CC(C)CN. The Bertz CT molecular complexity index is 303. The van der Waals surface area contributed by atoms with Crippen molar-refractivity contribution >= 4 is 0 Å². The lowest BCUT2D eigenvalue weighted by atomic mass is 10.1. The molecule has 0 amide bonds. The van der Waals surface area contributed by atoms with E-state index in [1.54, 1.807) is 0 Å². The van der Waals surface area contributed by atoms with Crippen LogP contribution in [-0.4, -0.2) is 37.7 Å². The molecular formula is C15H26N2O. The van der Waals surface area contributed by atoms with Crippen LogP contribution in [0.3, 0.4) is 0 Å². The van der Waals surface area contributed by atoms with Crippen LogP contribution >= 0.6 is 0 Å². The van der Waals surface area contributed by atoms with Gasteiger partial charge in [0.05, 0.1) is 6.61 Å². The predicted octanol–water partition coefficient (Wildman–Crippen LogP) is 2.37. The molecular weight excluding hydrogens is 224 g/mol. The normalized spacial score (nSPS) is 12.7. The summed E-state index contributed by atoms with van der Waals surface area (Å²) in [6, 6.07) is 9.98. The Balaban J connectivity index is 2.15. The van der Waals surface area contributed by atoms with Crippen LogP contribution in [0.25, 0.3) is 0 Å². The van der Waals surface area contributed by atoms with Crippen LogP contribution in [0.5, 0.6) is 5.75 Å². The van der Waals surface area contributed by atoms with E-state index in [1.165, 1.54) is 0 Å². The van der Waals surface area contributed by atoms with E-state index in [2.05, 4.69) is 18.7 Å². The highest BCUT2D eigenvalue weighted by Crippen LogP contribution is 2.08. The van der Waals surface area contributed by atoms with Crippen molar-refractivity contribution < 1.29 is 4.74 Å². The summed E-state index contributed by atoms with van der Waals surface area (Å²) in [5, 5.41) is 0. The molecule has 3 heteroatoms. The van der Waals surface area contributed by atoms with Gasteiger partial charge < -0.3 is 15.4 Å². The monoisotopic (exact) mass is 250 g/mol. The number of nitrogens with zero attached hydrogens (tertiary/aromatic N) is 1. The van der Waals surface area contributed by atoms with Crippen LogP contribution in [0.2, 0.25) is 0 Å². The number of benzene rings is 1. The summed E-state index contributed by atoms with van der Waals surface area (Å²) in [4.78, 5) is 2.44. The van der Waals surface area contributed by atoms with Crippen molar-refractivity contribution in [3.8, 4) is 5.75 Å². The Hall–Kier alpha value is -1.06. The van der Waals surface area contributed by atoms with Gasteiger partial charge in [-0.1, -0.05) is 32.0 Å². The molecule has 102 valence electrons. The fourth-order valence-corrected chi connectivity index (χ4v) is 1.89. The average molecular weight is 250 g/mol. The van der Waals surface area contributed by atoms with Crippen molar-refractivity contribution in [2.75, 3.05) is 32.8 Å². The van der Waals surface area contributed by atoms with E-state index in [0.717, 1.165) is 45.0 Å². The molecule has 0 spiro atoms. The number of hydrogen-bond donors (Lipinski definition) is 1. The highest BCUT2D eigenvalue weighted by molar-refractivity contribution is 5.20. The van der Waals surface area contributed by atoms with Gasteiger partial charge in [0.2, 0.25) is 0 Å². The zero-order valence-electron chi connectivity index (χ0n) is 11.6. The molecule has 3 nitrogen and oxygen atoms in total. The maximum atomic E-state index is 5.68. The topological polar surface area (TPSA) is 38.5 Å². The number of hydrogen-bond acceptors (Lipinski definition) is 3. The van der Waals surface area contributed by atoms with Gasteiger partial charge in [0.1, 0.15) is 5.75 Å². The first-order valence-electron chi connectivity index (χ1n) is 6.86. The maximum Gasteiger partial charge on any atom is 0.119 e. The fraction of sp³-hybridized carbons (Fsp3) is 0.600. The lowest BCUT2D eigenvalue weighted by Crippen LogP contribution is -2.32. The predicted molar refractivity (Wildman–Crippen MR) is 76.9 cm³/mol. The minimum atomic E-state index is 0.569. The van der Waals surface area contributed by atoms with E-state index in [4.69, 9.17) is 10.5 Å². The number of para-hydroxylation sites is 1. The van der Waals surface area contributed by atoms with Gasteiger partial charge in [-0.2, -0.15) is 0 Å². The van der Waals surface area contributed by atoms with Gasteiger partial charge in [0.25, 0.3) is 0 Å². The molecule has 0 radical (unpaired) electrons. The summed E-state index contributed by atoms with van der Waals surface area (Å²) in [6.07, 6.45) is 1.06. The zero-order valence-corrected chi connectivity index (χ0v) is 11.6. The second-order valence-corrected chi connectivity index (χ2v) is 4.75. The van der Waals surface area contributed by atoms with E-state index >= 15 is 0 Å². The molecule has 0 saturated heterocycles. The average Bonchev–Trinajstić information content (AvgIpc) is 2.43. The first kappa shape index (κ1) is 15.0. The molecule has 1 atom stereocenters. The van der Waals surface area contributed by atoms with Crippen LogP contribution in [0, 0.1) is 5.92 Å². The summed E-state index contributed by atoms with van der Waals surface area (Å²) >= 11 is 0. The summed E-state index contributed by atoms with van der Waals surface area (Å²) < 4.78 is 5.68. The molecule has 1 aromatic carbocycles. The first-order chi connectivity index (χ1) is 8.76. The second-order valence-electron chi connectivity index (χ2n) is 4.75. The van der Waals surface area contributed by atoms with Gasteiger partial charge >= 0.3 is 0 Å². The second kappa shape index (κ2) is 8.95. The molecule has 0 aliphatic rings. The van der Waals surface area contributed by atoms with Gasteiger partial charge in [-0.05, 0) is 37.6 Å². The minimum Gasteiger partial charge on any atom is -0.494 e. The molecule has 18 heavy (non-hydrogen) atoms. The Morgan fingerprint density at radius 1 is 1.28 bits per heavy atom. The van der Waals surface area contributed by atoms with Crippen molar-refractivity contribution in [2.45, 2.75) is 20.3 Å². The molecule has 0 aliphatic carbocycles. The third-order valence-corrected chi connectivity index (χ3v) is 3.05. The third-order valence-electron chi connectivity index (χ3n) is 3.05. The largest absolute Gasteiger partial charge is 0.494 e. The van der Waals surface area contributed by atoms with Gasteiger partial charge in [-0.15, -0.1) is 0 Å². The molecule has 0 heterocycles. The molecule has 0 aliphatic heterocycles. The summed E-state index contributed by atoms with van der Waals surface area (Å²) in [5.74, 6) is 1.52. The van der Waals surface area contributed by atoms with E-state index in [1.807, 2.05) is 30.3 Å². The molecule has 1 rings (SSSR count). The molecule has 0 aromatic heterocycles. The molecule has 2 N–H and O–H groups in total. The Labute approximate surface area is 111 Å². The van der Waals surface area contributed by atoms with E-state index < -0.39 is 0 Å². The van der Waals surface area contributed by atoms with E-state index in [0.29, 0.717) is 5.92 Å². The van der Waals surface area contributed by atoms with Crippen LogP contribution in [0.15, 0.2) is 30.3 Å². The van der Waals surface area contributed by atoms with Crippen LogP contribution in [0.1, 0.15) is 20.3 Å². The lowest BCUT2D eigenvalue weighted by Gasteiger charge is -2.23. The standard InChI is InChI=1S/C15H26N2O/c1-3-17(13-14(2)12-16)10-7-11-18-15-8-5-4-6-9-15/h4-6,8-9,14H,3,7,10-13,16H2,1-2H3. The highest BCUT2D eigenvalue weighted by atomic mass is 16.5. The van der Waals surface area contributed by atoms with Crippen molar-refractivity contribution in [3.63, 3.8) is 0 Å². The smallest absolute Gasteiger partial charge is 0.119 e. The number of ether oxygens (including phenoxy) is 1. The quantitative estimate of drug-likeness (QED) is 0.684.